The second kappa shape index (κ2) is 11.9. The Morgan fingerprint density at radius 2 is 0.549 bits per heavy atom. The summed E-state index contributed by atoms with van der Waals surface area (Å²) < 4.78 is 6.83. The van der Waals surface area contributed by atoms with Gasteiger partial charge in [-0.05, 0) is 141 Å². The minimum absolute atomic E-state index is 1.14. The predicted octanol–water partition coefficient (Wildman–Crippen LogP) is 12.5. The molecular weight excluding hydrogens is 619 g/mol. The second-order valence-corrected chi connectivity index (χ2v) is 13.2. The Hall–Kier alpha value is -6.84. The Kier molecular flexibility index (Phi) is 6.81. The SMILES string of the molecule is c1cc(-c2cc(-c3cccc(-n4ccc5ccccc54)c3)cc(-c3cccc(-n4ccc5ccccc54)c3)c2)cc(-n2ccc3ccccc32)c1. The van der Waals surface area contributed by atoms with Crippen molar-refractivity contribution in [1.82, 2.24) is 13.7 Å². The van der Waals surface area contributed by atoms with E-state index in [1.165, 1.54) is 66.1 Å². The second-order valence-electron chi connectivity index (χ2n) is 13.2. The van der Waals surface area contributed by atoms with E-state index >= 15 is 0 Å². The van der Waals surface area contributed by atoms with Gasteiger partial charge in [-0.3, -0.25) is 0 Å². The molecule has 0 saturated carbocycles. The molecule has 0 saturated heterocycles. The number of para-hydroxylation sites is 3. The van der Waals surface area contributed by atoms with Gasteiger partial charge in [0.1, 0.15) is 0 Å². The van der Waals surface area contributed by atoms with Gasteiger partial charge in [-0.25, -0.2) is 0 Å². The van der Waals surface area contributed by atoms with Gasteiger partial charge in [0.2, 0.25) is 0 Å². The molecular formula is C48H33N3. The lowest BCUT2D eigenvalue weighted by molar-refractivity contribution is 1.13. The summed E-state index contributed by atoms with van der Waals surface area (Å²) in [6.07, 6.45) is 6.50. The van der Waals surface area contributed by atoms with Crippen LogP contribution >= 0.6 is 0 Å². The van der Waals surface area contributed by atoms with E-state index in [-0.39, 0.29) is 0 Å². The van der Waals surface area contributed by atoms with Crippen molar-refractivity contribution in [2.24, 2.45) is 0 Å². The molecule has 0 unspecified atom stereocenters. The smallest absolute Gasteiger partial charge is 0.0528 e. The van der Waals surface area contributed by atoms with Crippen molar-refractivity contribution in [3.05, 3.63) is 201 Å². The van der Waals surface area contributed by atoms with E-state index in [0.717, 1.165) is 17.1 Å². The van der Waals surface area contributed by atoms with E-state index in [1.807, 2.05) is 0 Å². The first-order chi connectivity index (χ1) is 25.2. The Morgan fingerprint density at radius 3 is 0.882 bits per heavy atom. The third-order valence-electron chi connectivity index (χ3n) is 10.1. The van der Waals surface area contributed by atoms with Crippen LogP contribution in [0.4, 0.5) is 0 Å². The first kappa shape index (κ1) is 29.1. The van der Waals surface area contributed by atoms with Gasteiger partial charge in [0.15, 0.2) is 0 Å². The Labute approximate surface area is 296 Å². The maximum atomic E-state index is 2.34. The largest absolute Gasteiger partial charge is 0.317 e. The van der Waals surface area contributed by atoms with Crippen LogP contribution in [0.1, 0.15) is 0 Å². The van der Waals surface area contributed by atoms with E-state index < -0.39 is 0 Å². The van der Waals surface area contributed by atoms with Crippen molar-refractivity contribution < 1.29 is 0 Å². The minimum Gasteiger partial charge on any atom is -0.317 e. The summed E-state index contributed by atoms with van der Waals surface area (Å²) in [5.41, 5.74) is 14.1. The molecule has 51 heavy (non-hydrogen) atoms. The molecule has 3 heterocycles. The molecule has 3 aromatic heterocycles. The van der Waals surface area contributed by atoms with Gasteiger partial charge >= 0.3 is 0 Å². The number of hydrogen-bond donors (Lipinski definition) is 0. The summed E-state index contributed by atoms with van der Waals surface area (Å²) in [7, 11) is 0. The molecule has 3 heteroatoms. The van der Waals surface area contributed by atoms with Crippen molar-refractivity contribution in [3.63, 3.8) is 0 Å². The molecule has 0 aliphatic heterocycles. The molecule has 3 nitrogen and oxygen atoms in total. The van der Waals surface area contributed by atoms with E-state index in [9.17, 15) is 0 Å². The molecule has 0 spiro atoms. The minimum atomic E-state index is 1.14. The standard InChI is InChI=1S/C48H33N3/c1-4-19-46-34(10-1)22-25-49(46)43-16-7-13-37(31-43)40-28-41(38-14-8-17-44(32-38)50-26-23-35-11-2-5-20-47(35)50)30-42(29-40)39-15-9-18-45(33-39)51-27-24-36-12-3-6-21-48(36)51/h1-33H. The Balaban J connectivity index is 1.13. The van der Waals surface area contributed by atoms with Crippen molar-refractivity contribution in [2.45, 2.75) is 0 Å². The fourth-order valence-corrected chi connectivity index (χ4v) is 7.56. The Bertz CT molecular complexity index is 2550. The average molecular weight is 652 g/mol. The van der Waals surface area contributed by atoms with E-state index in [4.69, 9.17) is 0 Å². The van der Waals surface area contributed by atoms with Crippen LogP contribution in [0.2, 0.25) is 0 Å². The van der Waals surface area contributed by atoms with Gasteiger partial charge < -0.3 is 13.7 Å². The molecule has 7 aromatic carbocycles. The fraction of sp³-hybridized carbons (Fsp3) is 0. The average Bonchev–Trinajstić information content (AvgIpc) is 3.95. The van der Waals surface area contributed by atoms with Crippen LogP contribution in [0, 0.1) is 0 Å². The quantitative estimate of drug-likeness (QED) is 0.170. The normalized spacial score (nSPS) is 11.5. The van der Waals surface area contributed by atoms with Gasteiger partial charge in [-0.15, -0.1) is 0 Å². The summed E-state index contributed by atoms with van der Waals surface area (Å²) in [5.74, 6) is 0. The van der Waals surface area contributed by atoms with Gasteiger partial charge in [-0.1, -0.05) is 91.0 Å². The maximum absolute atomic E-state index is 2.34. The van der Waals surface area contributed by atoms with Gasteiger partial charge in [0.25, 0.3) is 0 Å². The van der Waals surface area contributed by atoms with Crippen LogP contribution in [0.25, 0.3) is 83.2 Å². The zero-order valence-corrected chi connectivity index (χ0v) is 27.9. The zero-order chi connectivity index (χ0) is 33.7. The molecule has 0 amide bonds. The molecule has 10 aromatic rings. The first-order valence-corrected chi connectivity index (χ1v) is 17.4. The van der Waals surface area contributed by atoms with Gasteiger partial charge in [-0.2, -0.15) is 0 Å². The lowest BCUT2D eigenvalue weighted by Crippen LogP contribution is -1.94. The molecule has 0 aliphatic rings. The highest BCUT2D eigenvalue weighted by Crippen LogP contribution is 2.36. The summed E-state index contributed by atoms with van der Waals surface area (Å²) >= 11 is 0. The fourth-order valence-electron chi connectivity index (χ4n) is 7.56. The highest BCUT2D eigenvalue weighted by Gasteiger charge is 2.12. The summed E-state index contributed by atoms with van der Waals surface area (Å²) in [4.78, 5) is 0. The monoisotopic (exact) mass is 651 g/mol. The molecule has 0 atom stereocenters. The number of hydrogen-bond acceptors (Lipinski definition) is 0. The number of rotatable bonds is 6. The lowest BCUT2D eigenvalue weighted by Gasteiger charge is -2.15. The van der Waals surface area contributed by atoms with Crippen LogP contribution < -0.4 is 0 Å². The number of nitrogens with zero attached hydrogens (tertiary/aromatic N) is 3. The van der Waals surface area contributed by atoms with Crippen LogP contribution in [0.5, 0.6) is 0 Å². The van der Waals surface area contributed by atoms with Crippen LogP contribution in [0.3, 0.4) is 0 Å². The highest BCUT2D eigenvalue weighted by molar-refractivity contribution is 5.87. The van der Waals surface area contributed by atoms with Crippen molar-refractivity contribution >= 4 is 32.7 Å². The number of benzene rings is 7. The van der Waals surface area contributed by atoms with Crippen LogP contribution in [-0.4, -0.2) is 13.7 Å². The van der Waals surface area contributed by atoms with Crippen LogP contribution in [0.15, 0.2) is 201 Å². The van der Waals surface area contributed by atoms with E-state index in [1.54, 1.807) is 0 Å². The zero-order valence-electron chi connectivity index (χ0n) is 27.9. The first-order valence-electron chi connectivity index (χ1n) is 17.4. The van der Waals surface area contributed by atoms with Crippen molar-refractivity contribution in [3.8, 4) is 50.4 Å². The third kappa shape index (κ3) is 5.15. The van der Waals surface area contributed by atoms with E-state index in [0.29, 0.717) is 0 Å². The van der Waals surface area contributed by atoms with Crippen molar-refractivity contribution in [1.29, 1.82) is 0 Å². The number of fused-ring (bicyclic) bond motifs is 3. The van der Waals surface area contributed by atoms with Gasteiger partial charge in [0.05, 0.1) is 16.6 Å². The summed E-state index contributed by atoms with van der Waals surface area (Å²) in [6.45, 7) is 0. The molecule has 0 fully saturated rings. The van der Waals surface area contributed by atoms with Crippen LogP contribution in [-0.2, 0) is 0 Å². The molecule has 0 bridgehead atoms. The molecule has 0 N–H and O–H groups in total. The maximum Gasteiger partial charge on any atom is 0.0528 e. The molecule has 10 rings (SSSR count). The lowest BCUT2D eigenvalue weighted by atomic mass is 9.93. The summed E-state index contributed by atoms with van der Waals surface area (Å²) in [5, 5.41) is 3.70. The highest BCUT2D eigenvalue weighted by atomic mass is 15.0. The van der Waals surface area contributed by atoms with Crippen molar-refractivity contribution in [2.75, 3.05) is 0 Å². The number of aromatic nitrogens is 3. The topological polar surface area (TPSA) is 14.8 Å². The molecule has 240 valence electrons. The Morgan fingerprint density at radius 1 is 0.235 bits per heavy atom. The summed E-state index contributed by atoms with van der Waals surface area (Å²) in [6, 6.07) is 65.9. The van der Waals surface area contributed by atoms with E-state index in [2.05, 4.69) is 214 Å². The molecule has 0 aliphatic carbocycles. The predicted molar refractivity (Wildman–Crippen MR) is 213 cm³/mol. The van der Waals surface area contributed by atoms with Gasteiger partial charge in [0, 0.05) is 35.7 Å². The third-order valence-corrected chi connectivity index (χ3v) is 10.1. The molecule has 0 radical (unpaired) electrons.